The number of halogens is 4. The highest BCUT2D eigenvalue weighted by atomic mass is 32.1. The van der Waals surface area contributed by atoms with E-state index in [1.54, 1.807) is 36.4 Å². The molecule has 0 bridgehead atoms. The second-order valence-electron chi connectivity index (χ2n) is 12.5. The van der Waals surface area contributed by atoms with Gasteiger partial charge in [-0.15, -0.1) is 22.7 Å². The number of thiophene rings is 2. The minimum atomic E-state index is -0.939. The van der Waals surface area contributed by atoms with Crippen molar-refractivity contribution in [3.05, 3.63) is 198 Å². The normalized spacial score (nSPS) is 10.6. The molecule has 6 nitrogen and oxygen atoms in total. The van der Waals surface area contributed by atoms with Crippen molar-refractivity contribution in [1.29, 1.82) is 0 Å². The topological polar surface area (TPSA) is 69.8 Å². The molecule has 4 aromatic carbocycles. The van der Waals surface area contributed by atoms with Crippen LogP contribution in [0.4, 0.5) is 17.6 Å². The molecular formula is C44H28F4N4O2S2. The molecule has 0 amide bonds. The molecule has 0 unspecified atom stereocenters. The van der Waals surface area contributed by atoms with Gasteiger partial charge in [0.1, 0.15) is 21.3 Å². The number of rotatable bonds is 6. The molecule has 0 aliphatic rings. The van der Waals surface area contributed by atoms with Gasteiger partial charge in [0.2, 0.25) is 0 Å². The summed E-state index contributed by atoms with van der Waals surface area (Å²) in [4.78, 5) is 36.8. The van der Waals surface area contributed by atoms with Crippen molar-refractivity contribution in [1.82, 2.24) is 19.1 Å². The van der Waals surface area contributed by atoms with Gasteiger partial charge >= 0.3 is 0 Å². The molecule has 0 radical (unpaired) electrons. The Balaban J connectivity index is 0.000000172. The fourth-order valence-corrected chi connectivity index (χ4v) is 7.28. The molecule has 0 spiro atoms. The third-order valence-electron chi connectivity index (χ3n) is 8.40. The third kappa shape index (κ3) is 9.36. The minimum Gasteiger partial charge on any atom is -0.294 e. The van der Waals surface area contributed by atoms with Crippen molar-refractivity contribution in [3.8, 4) is 23.7 Å². The van der Waals surface area contributed by atoms with E-state index in [1.165, 1.54) is 74.8 Å². The van der Waals surface area contributed by atoms with Crippen molar-refractivity contribution in [3.63, 3.8) is 0 Å². The van der Waals surface area contributed by atoms with Gasteiger partial charge in [-0.3, -0.25) is 18.7 Å². The molecule has 0 fully saturated rings. The Hall–Kier alpha value is -6.60. The van der Waals surface area contributed by atoms with E-state index in [0.29, 0.717) is 45.4 Å². The first-order chi connectivity index (χ1) is 27.2. The van der Waals surface area contributed by atoms with Gasteiger partial charge in [-0.25, -0.2) is 27.5 Å². The van der Waals surface area contributed by atoms with Crippen LogP contribution in [0.5, 0.6) is 0 Å². The standard InChI is InChI=1S/2C22H14F2N2OS/c23-17-8-4-15(5-9-17)2-1-3-19-12-20-21(28-19)25-14-26(22(20)27)13-16-6-10-18(24)11-7-16;23-19-10-9-16(11-20(19)24)13-26-14-25-21-18(22(26)27)12-17(28-21)8-4-7-15-5-2-1-3-6-15/h4-12,14H,2,13H2;1-3,5-6,9-12,14H,7,13H2. The molecular weight excluding hydrogens is 757 g/mol. The first kappa shape index (κ1) is 37.7. The molecule has 0 atom stereocenters. The van der Waals surface area contributed by atoms with E-state index in [-0.39, 0.29) is 29.3 Å². The molecule has 8 rings (SSSR count). The van der Waals surface area contributed by atoms with Gasteiger partial charge in [-0.05, 0) is 70.8 Å². The van der Waals surface area contributed by atoms with Crippen LogP contribution in [0.15, 0.2) is 131 Å². The lowest BCUT2D eigenvalue weighted by Crippen LogP contribution is -2.20. The molecule has 8 aromatic rings. The van der Waals surface area contributed by atoms with E-state index in [0.717, 1.165) is 38.6 Å². The van der Waals surface area contributed by atoms with Crippen molar-refractivity contribution >= 4 is 43.1 Å². The van der Waals surface area contributed by atoms with Crippen molar-refractivity contribution in [2.75, 3.05) is 0 Å². The van der Waals surface area contributed by atoms with E-state index in [4.69, 9.17) is 0 Å². The van der Waals surface area contributed by atoms with Gasteiger partial charge in [0, 0.05) is 12.8 Å². The average Bonchev–Trinajstić information content (AvgIpc) is 3.83. The third-order valence-corrected chi connectivity index (χ3v) is 10.3. The van der Waals surface area contributed by atoms with Crippen molar-refractivity contribution in [2.24, 2.45) is 0 Å². The zero-order valence-corrected chi connectivity index (χ0v) is 30.9. The van der Waals surface area contributed by atoms with Crippen LogP contribution in [0.25, 0.3) is 20.4 Å². The highest BCUT2D eigenvalue weighted by Gasteiger charge is 2.11. The van der Waals surface area contributed by atoms with E-state index < -0.39 is 11.6 Å². The average molecular weight is 785 g/mol. The van der Waals surface area contributed by atoms with Crippen LogP contribution in [0, 0.1) is 47.0 Å². The van der Waals surface area contributed by atoms with Gasteiger partial charge < -0.3 is 0 Å². The fraction of sp³-hybridized carbons (Fsp3) is 0.0909. The Morgan fingerprint density at radius 2 is 0.982 bits per heavy atom. The lowest BCUT2D eigenvalue weighted by atomic mass is 10.1. The lowest BCUT2D eigenvalue weighted by molar-refractivity contribution is 0.506. The van der Waals surface area contributed by atoms with Gasteiger partial charge in [0.15, 0.2) is 11.6 Å². The molecule has 0 saturated carbocycles. The number of fused-ring (bicyclic) bond motifs is 2. The molecule has 0 N–H and O–H groups in total. The summed E-state index contributed by atoms with van der Waals surface area (Å²) in [6.45, 7) is 0.438. The molecule has 4 aromatic heterocycles. The summed E-state index contributed by atoms with van der Waals surface area (Å²) >= 11 is 2.72. The SMILES string of the molecule is O=c1c2cc(C#CCc3ccc(F)cc3)sc2ncn1Cc1ccc(F)cc1.O=c1c2cc(C#CCc3ccccc3)sc2ncn1Cc1ccc(F)c(F)c1. The van der Waals surface area contributed by atoms with E-state index in [1.807, 2.05) is 30.3 Å². The molecule has 4 heterocycles. The molecule has 56 heavy (non-hydrogen) atoms. The summed E-state index contributed by atoms with van der Waals surface area (Å²) < 4.78 is 55.3. The molecule has 0 aliphatic heterocycles. The van der Waals surface area contributed by atoms with Crippen LogP contribution < -0.4 is 11.1 Å². The van der Waals surface area contributed by atoms with E-state index in [2.05, 4.69) is 33.6 Å². The maximum Gasteiger partial charge on any atom is 0.262 e. The number of nitrogens with zero attached hydrogens (tertiary/aromatic N) is 4. The Morgan fingerprint density at radius 3 is 1.50 bits per heavy atom. The predicted molar refractivity (Wildman–Crippen MR) is 213 cm³/mol. The quantitative estimate of drug-likeness (QED) is 0.125. The summed E-state index contributed by atoms with van der Waals surface area (Å²) in [5.74, 6) is 9.84. The number of hydrogen-bond acceptors (Lipinski definition) is 6. The van der Waals surface area contributed by atoms with Crippen LogP contribution in [-0.2, 0) is 25.9 Å². The predicted octanol–water partition coefficient (Wildman–Crippen LogP) is 8.76. The van der Waals surface area contributed by atoms with Crippen LogP contribution in [0.3, 0.4) is 0 Å². The summed E-state index contributed by atoms with van der Waals surface area (Å²) in [6, 6.07) is 29.2. The van der Waals surface area contributed by atoms with Crippen molar-refractivity contribution < 1.29 is 17.6 Å². The fourth-order valence-electron chi connectivity index (χ4n) is 5.55. The smallest absolute Gasteiger partial charge is 0.262 e. The zero-order chi connectivity index (χ0) is 39.0. The number of aromatic nitrogens is 4. The second kappa shape index (κ2) is 17.2. The molecule has 0 saturated heterocycles. The lowest BCUT2D eigenvalue weighted by Gasteiger charge is -2.05. The van der Waals surface area contributed by atoms with Gasteiger partial charge in [-0.2, -0.15) is 0 Å². The highest BCUT2D eigenvalue weighted by molar-refractivity contribution is 7.19. The summed E-state index contributed by atoms with van der Waals surface area (Å²) in [5.41, 5.74) is 2.97. The van der Waals surface area contributed by atoms with Crippen molar-refractivity contribution in [2.45, 2.75) is 25.9 Å². The zero-order valence-electron chi connectivity index (χ0n) is 29.3. The monoisotopic (exact) mass is 784 g/mol. The van der Waals surface area contributed by atoms with Gasteiger partial charge in [-0.1, -0.05) is 84.3 Å². The highest BCUT2D eigenvalue weighted by Crippen LogP contribution is 2.21. The number of hydrogen-bond donors (Lipinski definition) is 0. The summed E-state index contributed by atoms with van der Waals surface area (Å²) in [6.07, 6.45) is 4.05. The van der Waals surface area contributed by atoms with Crippen LogP contribution >= 0.6 is 22.7 Å². The molecule has 276 valence electrons. The van der Waals surface area contributed by atoms with Crippen LogP contribution in [-0.4, -0.2) is 19.1 Å². The second-order valence-corrected chi connectivity index (χ2v) is 14.5. The first-order valence-corrected chi connectivity index (χ1v) is 18.7. The summed E-state index contributed by atoms with van der Waals surface area (Å²) in [7, 11) is 0. The molecule has 12 heteroatoms. The van der Waals surface area contributed by atoms with Gasteiger partial charge in [0.25, 0.3) is 11.1 Å². The number of benzene rings is 4. The Bertz CT molecular complexity index is 2920. The van der Waals surface area contributed by atoms with Crippen LogP contribution in [0.1, 0.15) is 32.0 Å². The van der Waals surface area contributed by atoms with Crippen LogP contribution in [0.2, 0.25) is 0 Å². The minimum absolute atomic E-state index is 0.115. The largest absolute Gasteiger partial charge is 0.294 e. The van der Waals surface area contributed by atoms with E-state index in [9.17, 15) is 27.2 Å². The maximum atomic E-state index is 13.4. The maximum absolute atomic E-state index is 13.4. The Kier molecular flexibility index (Phi) is 11.6. The Morgan fingerprint density at radius 1 is 0.518 bits per heavy atom. The molecule has 0 aliphatic carbocycles. The summed E-state index contributed by atoms with van der Waals surface area (Å²) in [5, 5.41) is 0.986. The Labute approximate surface area is 326 Å². The first-order valence-electron chi connectivity index (χ1n) is 17.1. The van der Waals surface area contributed by atoms with Gasteiger partial charge in [0.05, 0.1) is 46.3 Å². The van der Waals surface area contributed by atoms with E-state index >= 15 is 0 Å².